The normalized spacial score (nSPS) is 24.7. The summed E-state index contributed by atoms with van der Waals surface area (Å²) in [7, 11) is 0. The number of allylic oxidation sites excluding steroid dienone is 3. The molecule has 0 bridgehead atoms. The number of hydrogen-bond donors (Lipinski definition) is 1. The van der Waals surface area contributed by atoms with Gasteiger partial charge < -0.3 is 15.0 Å². The fourth-order valence-corrected chi connectivity index (χ4v) is 2.43. The molecule has 0 heterocycles. The maximum atomic E-state index is 10.5. The van der Waals surface area contributed by atoms with Crippen LogP contribution in [-0.2, 0) is 4.79 Å². The molecule has 1 aliphatic carbocycles. The van der Waals surface area contributed by atoms with Crippen molar-refractivity contribution in [3.8, 4) is 0 Å². The van der Waals surface area contributed by atoms with Crippen LogP contribution in [0.25, 0.3) is 0 Å². The second-order valence-corrected chi connectivity index (χ2v) is 6.09. The Morgan fingerprint density at radius 1 is 1.63 bits per heavy atom. The van der Waals surface area contributed by atoms with Crippen LogP contribution in [0.5, 0.6) is 0 Å². The van der Waals surface area contributed by atoms with Gasteiger partial charge in [0.1, 0.15) is 0 Å². The zero-order valence-corrected chi connectivity index (χ0v) is 14.7. The quantitative estimate of drug-likeness (QED) is 0.507. The van der Waals surface area contributed by atoms with Crippen LogP contribution in [-0.4, -0.2) is 16.7 Å². The van der Waals surface area contributed by atoms with Crippen molar-refractivity contribution in [1.82, 2.24) is 0 Å². The number of aliphatic hydroxyl groups is 1. The van der Waals surface area contributed by atoms with Gasteiger partial charge in [-0.15, -0.1) is 0 Å². The Morgan fingerprint density at radius 2 is 2.21 bits per heavy atom. The number of carboxylic acids is 1. The molecule has 0 radical (unpaired) electrons. The molecule has 0 fully saturated rings. The van der Waals surface area contributed by atoms with Crippen molar-refractivity contribution in [3.63, 3.8) is 0 Å². The van der Waals surface area contributed by atoms with Crippen LogP contribution in [0.4, 0.5) is 0 Å². The van der Waals surface area contributed by atoms with Gasteiger partial charge in [0, 0.05) is 12.4 Å². The number of hydrogen-bond acceptors (Lipinski definition) is 3. The van der Waals surface area contributed by atoms with Crippen LogP contribution < -0.4 is 34.7 Å². The summed E-state index contributed by atoms with van der Waals surface area (Å²) in [5.41, 5.74) is 0.275. The van der Waals surface area contributed by atoms with Crippen molar-refractivity contribution in [1.29, 1.82) is 0 Å². The molecule has 0 spiro atoms. The van der Waals surface area contributed by atoms with E-state index in [0.29, 0.717) is 5.92 Å². The molecule has 1 N–H and O–H groups in total. The van der Waals surface area contributed by atoms with E-state index in [-0.39, 0.29) is 41.4 Å². The van der Waals surface area contributed by atoms with E-state index in [2.05, 4.69) is 26.8 Å². The van der Waals surface area contributed by atoms with Crippen molar-refractivity contribution in [2.45, 2.75) is 52.6 Å². The van der Waals surface area contributed by atoms with Crippen molar-refractivity contribution in [2.75, 3.05) is 0 Å². The number of carbonyl (C=O) groups is 1. The average molecular weight is 274 g/mol. The van der Waals surface area contributed by atoms with Gasteiger partial charge in [-0.3, -0.25) is 0 Å². The first kappa shape index (κ1) is 18.9. The summed E-state index contributed by atoms with van der Waals surface area (Å²) in [4.78, 5) is 10.5. The minimum absolute atomic E-state index is 0. The summed E-state index contributed by atoms with van der Waals surface area (Å²) in [6.07, 6.45) is 7.26. The van der Waals surface area contributed by atoms with E-state index in [4.69, 9.17) is 0 Å². The molecule has 0 saturated heterocycles. The van der Waals surface area contributed by atoms with Gasteiger partial charge in [-0.2, -0.15) is 0 Å². The van der Waals surface area contributed by atoms with Crippen LogP contribution in [0.15, 0.2) is 23.8 Å². The van der Waals surface area contributed by atoms with Gasteiger partial charge >= 0.3 is 29.6 Å². The molecule has 0 aliphatic heterocycles. The number of carbonyl (C=O) groups excluding carboxylic acids is 1. The zero-order chi connectivity index (χ0) is 14.0. The van der Waals surface area contributed by atoms with Crippen LogP contribution in [0.1, 0.15) is 47.0 Å². The van der Waals surface area contributed by atoms with E-state index in [1.54, 1.807) is 6.08 Å². The van der Waals surface area contributed by atoms with Crippen molar-refractivity contribution in [2.24, 2.45) is 11.3 Å². The molecule has 0 aromatic carbocycles. The summed E-state index contributed by atoms with van der Waals surface area (Å²) >= 11 is 0. The van der Waals surface area contributed by atoms with Gasteiger partial charge in [-0.1, -0.05) is 37.6 Å². The molecule has 1 rings (SSSR count). The largest absolute Gasteiger partial charge is 1.00 e. The predicted octanol–water partition coefficient (Wildman–Crippen LogP) is -1.18. The Morgan fingerprint density at radius 3 is 2.63 bits per heavy atom. The van der Waals surface area contributed by atoms with Gasteiger partial charge in [-0.25, -0.2) is 0 Å². The molecule has 0 amide bonds. The van der Waals surface area contributed by atoms with E-state index in [0.717, 1.165) is 12.8 Å². The van der Waals surface area contributed by atoms with Crippen molar-refractivity contribution >= 4 is 5.97 Å². The van der Waals surface area contributed by atoms with Gasteiger partial charge in [0.05, 0.1) is 5.60 Å². The number of carboxylic acid groups (broad SMARTS) is 1. The van der Waals surface area contributed by atoms with Crippen molar-refractivity contribution in [3.05, 3.63) is 23.8 Å². The molecule has 0 aromatic heterocycles. The molecule has 19 heavy (non-hydrogen) atoms. The topological polar surface area (TPSA) is 60.4 Å². The second kappa shape index (κ2) is 7.07. The first-order chi connectivity index (χ1) is 8.15. The van der Waals surface area contributed by atoms with E-state index >= 15 is 0 Å². The first-order valence-electron chi connectivity index (χ1n) is 6.42. The first-order valence-corrected chi connectivity index (χ1v) is 6.42. The van der Waals surface area contributed by atoms with Crippen LogP contribution in [0, 0.1) is 11.3 Å². The maximum absolute atomic E-state index is 10.5. The molecule has 2 atom stereocenters. The third-order valence-electron chi connectivity index (χ3n) is 4.15. The van der Waals surface area contributed by atoms with Gasteiger partial charge in [0.25, 0.3) is 0 Å². The summed E-state index contributed by atoms with van der Waals surface area (Å²) < 4.78 is 0. The van der Waals surface area contributed by atoms with E-state index < -0.39 is 11.6 Å². The monoisotopic (exact) mass is 274 g/mol. The predicted molar refractivity (Wildman–Crippen MR) is 69.6 cm³/mol. The van der Waals surface area contributed by atoms with E-state index in [1.165, 1.54) is 12.5 Å². The molecule has 3 nitrogen and oxygen atoms in total. The standard InChI is InChI=1S/C15H24O3.Na/c1-11-7-8-12(14(11,2)3)6-5-9-15(4,18)10-13(16)17;/h5,7,9,12,18H,6,8,10H2,1-4H3,(H,16,17);/q;+1/p-1/b9-5+;. The zero-order valence-electron chi connectivity index (χ0n) is 12.7. The summed E-state index contributed by atoms with van der Waals surface area (Å²) in [6.45, 7) is 8.09. The molecule has 2 unspecified atom stereocenters. The maximum Gasteiger partial charge on any atom is 1.00 e. The second-order valence-electron chi connectivity index (χ2n) is 6.09. The van der Waals surface area contributed by atoms with Crippen LogP contribution in [0.2, 0.25) is 0 Å². The number of rotatable bonds is 5. The third kappa shape index (κ3) is 5.42. The van der Waals surface area contributed by atoms with Gasteiger partial charge in [-0.05, 0) is 38.0 Å². The molecule has 1 aliphatic rings. The average Bonchev–Trinajstić information content (AvgIpc) is 2.42. The molecule has 0 aromatic rings. The van der Waals surface area contributed by atoms with Crippen LogP contribution >= 0.6 is 0 Å². The Bertz CT molecular complexity index is 381. The van der Waals surface area contributed by atoms with E-state index in [1.807, 2.05) is 6.08 Å². The molecule has 102 valence electrons. The van der Waals surface area contributed by atoms with Gasteiger partial charge in [0.2, 0.25) is 0 Å². The Balaban J connectivity index is 0.00000324. The SMILES string of the molecule is CC1=CCC(C/C=C/C(C)(O)CC(=O)[O-])C1(C)C.[Na+]. The summed E-state index contributed by atoms with van der Waals surface area (Å²) in [5, 5.41) is 20.3. The molecular weight excluding hydrogens is 251 g/mol. The molecular formula is C15H23NaO3. The summed E-state index contributed by atoms with van der Waals surface area (Å²) in [6, 6.07) is 0. The van der Waals surface area contributed by atoms with Gasteiger partial charge in [0.15, 0.2) is 0 Å². The van der Waals surface area contributed by atoms with Crippen molar-refractivity contribution < 1.29 is 44.6 Å². The van der Waals surface area contributed by atoms with E-state index in [9.17, 15) is 15.0 Å². The fraction of sp³-hybridized carbons (Fsp3) is 0.667. The molecule has 4 heteroatoms. The smallest absolute Gasteiger partial charge is 0.550 e. The Kier molecular flexibility index (Phi) is 7.04. The Hall–Kier alpha value is -0.0900. The third-order valence-corrected chi connectivity index (χ3v) is 4.15. The van der Waals surface area contributed by atoms with Crippen LogP contribution in [0.3, 0.4) is 0 Å². The number of aliphatic carboxylic acids is 1. The fourth-order valence-electron chi connectivity index (χ4n) is 2.43. The minimum atomic E-state index is -1.32. The Labute approximate surface area is 138 Å². The summed E-state index contributed by atoms with van der Waals surface area (Å²) in [5.74, 6) is -0.712. The minimum Gasteiger partial charge on any atom is -0.550 e. The molecule has 0 saturated carbocycles.